The van der Waals surface area contributed by atoms with Crippen LogP contribution in [0.4, 0.5) is 0 Å². The van der Waals surface area contributed by atoms with Gasteiger partial charge in [-0.1, -0.05) is 25.7 Å². The normalized spacial score (nSPS) is 29.8. The molecule has 0 amide bonds. The average Bonchev–Trinajstić information content (AvgIpc) is 2.56. The van der Waals surface area contributed by atoms with Gasteiger partial charge in [0.15, 0.2) is 0 Å². The van der Waals surface area contributed by atoms with Gasteiger partial charge >= 0.3 is 0 Å². The number of aliphatic hydroxyl groups is 1. The molecule has 2 rings (SSSR count). The Morgan fingerprint density at radius 3 is 2.53 bits per heavy atom. The third kappa shape index (κ3) is 4.54. The summed E-state index contributed by atoms with van der Waals surface area (Å²) in [7, 11) is 0. The fourth-order valence-corrected chi connectivity index (χ4v) is 2.68. The lowest BCUT2D eigenvalue weighted by molar-refractivity contribution is -0.0880. The summed E-state index contributed by atoms with van der Waals surface area (Å²) in [6, 6.07) is 0. The van der Waals surface area contributed by atoms with Gasteiger partial charge in [0.05, 0.1) is 31.5 Å². The highest BCUT2D eigenvalue weighted by Crippen LogP contribution is 2.26. The molecule has 2 fully saturated rings. The molecule has 0 bridgehead atoms. The van der Waals surface area contributed by atoms with Crippen LogP contribution in [-0.4, -0.2) is 49.7 Å². The quantitative estimate of drug-likeness (QED) is 0.725. The van der Waals surface area contributed by atoms with Crippen molar-refractivity contribution in [1.82, 2.24) is 5.32 Å². The zero-order chi connectivity index (χ0) is 12.0. The van der Waals surface area contributed by atoms with Crippen molar-refractivity contribution in [3.05, 3.63) is 0 Å². The Balaban J connectivity index is 1.65. The minimum Gasteiger partial charge on any atom is -0.389 e. The summed E-state index contributed by atoms with van der Waals surface area (Å²) in [6.45, 7) is 3.54. The van der Waals surface area contributed by atoms with Crippen molar-refractivity contribution in [3.8, 4) is 0 Å². The van der Waals surface area contributed by atoms with Crippen molar-refractivity contribution in [2.45, 2.75) is 50.2 Å². The van der Waals surface area contributed by atoms with E-state index in [1.807, 2.05) is 0 Å². The summed E-state index contributed by atoms with van der Waals surface area (Å²) in [5.74, 6) is 0. The number of hydrogen-bond acceptors (Lipinski definition) is 4. The van der Waals surface area contributed by atoms with Crippen molar-refractivity contribution in [1.29, 1.82) is 0 Å². The molecule has 4 nitrogen and oxygen atoms in total. The number of ether oxygens (including phenoxy) is 2. The molecule has 100 valence electrons. The fourth-order valence-electron chi connectivity index (χ4n) is 2.68. The highest BCUT2D eigenvalue weighted by molar-refractivity contribution is 4.83. The van der Waals surface area contributed by atoms with Crippen LogP contribution >= 0.6 is 0 Å². The molecule has 4 heteroatoms. The summed E-state index contributed by atoms with van der Waals surface area (Å²) >= 11 is 0. The van der Waals surface area contributed by atoms with E-state index in [2.05, 4.69) is 5.32 Å². The Morgan fingerprint density at radius 1 is 1.12 bits per heavy atom. The Hall–Kier alpha value is -0.160. The lowest BCUT2D eigenvalue weighted by atomic mass is 9.94. The highest BCUT2D eigenvalue weighted by atomic mass is 16.6. The molecule has 17 heavy (non-hydrogen) atoms. The topological polar surface area (TPSA) is 50.7 Å². The van der Waals surface area contributed by atoms with Crippen LogP contribution in [-0.2, 0) is 9.47 Å². The molecule has 0 spiro atoms. The molecule has 1 unspecified atom stereocenters. The Bertz CT molecular complexity index is 209. The summed E-state index contributed by atoms with van der Waals surface area (Å²) in [5.41, 5.74) is -0.494. The third-order valence-electron chi connectivity index (χ3n) is 3.75. The molecular formula is C13H25NO3. The second kappa shape index (κ2) is 6.69. The molecule has 1 atom stereocenters. The third-order valence-corrected chi connectivity index (χ3v) is 3.75. The zero-order valence-corrected chi connectivity index (χ0v) is 10.6. The number of nitrogens with one attached hydrogen (secondary N) is 1. The van der Waals surface area contributed by atoms with Gasteiger partial charge in [-0.25, -0.2) is 0 Å². The maximum absolute atomic E-state index is 10.4. The molecule has 2 N–H and O–H groups in total. The van der Waals surface area contributed by atoms with Crippen molar-refractivity contribution < 1.29 is 14.6 Å². The average molecular weight is 243 g/mol. The van der Waals surface area contributed by atoms with Gasteiger partial charge in [0.1, 0.15) is 0 Å². The summed E-state index contributed by atoms with van der Waals surface area (Å²) in [5, 5.41) is 13.8. The minimum absolute atomic E-state index is 0.151. The van der Waals surface area contributed by atoms with Crippen molar-refractivity contribution in [2.24, 2.45) is 0 Å². The molecule has 2 aliphatic rings. The van der Waals surface area contributed by atoms with Crippen LogP contribution in [0, 0.1) is 0 Å². The molecule has 0 aromatic carbocycles. The number of rotatable bonds is 4. The van der Waals surface area contributed by atoms with Crippen molar-refractivity contribution in [3.63, 3.8) is 0 Å². The first-order valence-corrected chi connectivity index (χ1v) is 6.91. The number of hydrogen-bond donors (Lipinski definition) is 2. The van der Waals surface area contributed by atoms with E-state index in [1.54, 1.807) is 0 Å². The largest absolute Gasteiger partial charge is 0.389 e. The molecule has 1 saturated heterocycles. The predicted octanol–water partition coefficient (Wildman–Crippen LogP) is 1.08. The summed E-state index contributed by atoms with van der Waals surface area (Å²) < 4.78 is 10.9. The molecular weight excluding hydrogens is 218 g/mol. The van der Waals surface area contributed by atoms with Crippen LogP contribution in [0.3, 0.4) is 0 Å². The van der Waals surface area contributed by atoms with E-state index in [0.29, 0.717) is 26.4 Å². The van der Waals surface area contributed by atoms with E-state index in [-0.39, 0.29) is 6.10 Å². The molecule has 1 aliphatic carbocycles. The summed E-state index contributed by atoms with van der Waals surface area (Å²) in [6.07, 6.45) is 6.86. The van der Waals surface area contributed by atoms with E-state index >= 15 is 0 Å². The summed E-state index contributed by atoms with van der Waals surface area (Å²) in [4.78, 5) is 0. The van der Waals surface area contributed by atoms with Crippen molar-refractivity contribution in [2.75, 3.05) is 32.9 Å². The smallest absolute Gasteiger partial charge is 0.0933 e. The van der Waals surface area contributed by atoms with Crippen molar-refractivity contribution >= 4 is 0 Å². The maximum Gasteiger partial charge on any atom is 0.0933 e. The van der Waals surface area contributed by atoms with Crippen LogP contribution < -0.4 is 5.32 Å². The van der Waals surface area contributed by atoms with Gasteiger partial charge in [0.2, 0.25) is 0 Å². The van der Waals surface area contributed by atoms with Gasteiger partial charge in [0.25, 0.3) is 0 Å². The van der Waals surface area contributed by atoms with Gasteiger partial charge in [-0.2, -0.15) is 0 Å². The van der Waals surface area contributed by atoms with E-state index in [0.717, 1.165) is 32.2 Å². The second-order valence-corrected chi connectivity index (χ2v) is 5.34. The van der Waals surface area contributed by atoms with Crippen LogP contribution in [0.2, 0.25) is 0 Å². The van der Waals surface area contributed by atoms with Gasteiger partial charge in [-0.05, 0) is 12.8 Å². The molecule has 1 saturated carbocycles. The monoisotopic (exact) mass is 243 g/mol. The Labute approximate surface area is 104 Å². The van der Waals surface area contributed by atoms with Gasteiger partial charge < -0.3 is 19.9 Å². The molecule has 0 radical (unpaired) electrons. The molecule has 0 aromatic heterocycles. The highest BCUT2D eigenvalue weighted by Gasteiger charge is 2.27. The zero-order valence-electron chi connectivity index (χ0n) is 10.6. The standard InChI is InChI=1S/C13H25NO3/c15-13(5-3-1-2-4-6-13)11-14-9-12-10-16-7-8-17-12/h12,14-15H,1-11H2. The van der Waals surface area contributed by atoms with E-state index in [1.165, 1.54) is 12.8 Å². The lowest BCUT2D eigenvalue weighted by Gasteiger charge is -2.29. The van der Waals surface area contributed by atoms with E-state index < -0.39 is 5.60 Å². The predicted molar refractivity (Wildman–Crippen MR) is 66.1 cm³/mol. The first kappa shape index (κ1) is 13.3. The lowest BCUT2D eigenvalue weighted by Crippen LogP contribution is -2.45. The SMILES string of the molecule is OC1(CNCC2COCCO2)CCCCCC1. The molecule has 0 aromatic rings. The van der Waals surface area contributed by atoms with Gasteiger partial charge in [-0.15, -0.1) is 0 Å². The maximum atomic E-state index is 10.4. The van der Waals surface area contributed by atoms with Gasteiger partial charge in [0, 0.05) is 13.1 Å². The van der Waals surface area contributed by atoms with Crippen LogP contribution in [0.25, 0.3) is 0 Å². The Morgan fingerprint density at radius 2 is 1.88 bits per heavy atom. The minimum atomic E-state index is -0.494. The van der Waals surface area contributed by atoms with E-state index in [9.17, 15) is 5.11 Å². The van der Waals surface area contributed by atoms with E-state index in [4.69, 9.17) is 9.47 Å². The van der Waals surface area contributed by atoms with Crippen LogP contribution in [0.1, 0.15) is 38.5 Å². The van der Waals surface area contributed by atoms with Crippen LogP contribution in [0.5, 0.6) is 0 Å². The molecule has 1 aliphatic heterocycles. The first-order valence-electron chi connectivity index (χ1n) is 6.91. The first-order chi connectivity index (χ1) is 8.29. The fraction of sp³-hybridized carbons (Fsp3) is 1.00. The van der Waals surface area contributed by atoms with Gasteiger partial charge in [-0.3, -0.25) is 0 Å². The Kier molecular flexibility index (Phi) is 5.22. The molecule has 1 heterocycles. The second-order valence-electron chi connectivity index (χ2n) is 5.34. The van der Waals surface area contributed by atoms with Crippen LogP contribution in [0.15, 0.2) is 0 Å².